The number of rotatable bonds is 7. The zero-order chi connectivity index (χ0) is 15.1. The number of hydrogen-bond acceptors (Lipinski definition) is 5. The van der Waals surface area contributed by atoms with E-state index in [-0.39, 0.29) is 24.9 Å². The lowest BCUT2D eigenvalue weighted by Gasteiger charge is -2.22. The molecule has 1 heterocycles. The fourth-order valence-electron chi connectivity index (χ4n) is 2.06. The molecule has 20 heavy (non-hydrogen) atoms. The molecule has 7 heteroatoms. The van der Waals surface area contributed by atoms with E-state index in [0.29, 0.717) is 19.6 Å². The molecule has 114 valence electrons. The molecule has 1 rings (SSSR count). The van der Waals surface area contributed by atoms with Gasteiger partial charge in [0, 0.05) is 6.61 Å². The van der Waals surface area contributed by atoms with Gasteiger partial charge in [-0.3, -0.25) is 9.59 Å². The third-order valence-corrected chi connectivity index (χ3v) is 3.23. The van der Waals surface area contributed by atoms with Crippen LogP contribution < -0.4 is 5.32 Å². The highest BCUT2D eigenvalue weighted by Gasteiger charge is 2.32. The standard InChI is InChI=1S/C13H21NO6/c1-3-20-10(15)6-8(2)11(13(17)18)14-12(16)9-4-5-19-7-9/h8-9,11H,3-7H2,1-2H3,(H,14,16)(H,17,18)/t8-,9+,11-/m1/s1. The molecule has 1 aliphatic rings. The van der Waals surface area contributed by atoms with E-state index >= 15 is 0 Å². The molecule has 1 amide bonds. The van der Waals surface area contributed by atoms with Crippen LogP contribution >= 0.6 is 0 Å². The number of amides is 1. The maximum absolute atomic E-state index is 11.9. The maximum Gasteiger partial charge on any atom is 0.326 e. The number of carbonyl (C=O) groups excluding carboxylic acids is 2. The van der Waals surface area contributed by atoms with E-state index in [9.17, 15) is 19.5 Å². The summed E-state index contributed by atoms with van der Waals surface area (Å²) in [6.07, 6.45) is 0.538. The van der Waals surface area contributed by atoms with Crippen LogP contribution in [-0.4, -0.2) is 48.8 Å². The molecule has 0 unspecified atom stereocenters. The monoisotopic (exact) mass is 287 g/mol. The molecule has 0 aromatic rings. The van der Waals surface area contributed by atoms with Gasteiger partial charge in [-0.15, -0.1) is 0 Å². The van der Waals surface area contributed by atoms with Gasteiger partial charge in [0.15, 0.2) is 0 Å². The number of ether oxygens (including phenoxy) is 2. The van der Waals surface area contributed by atoms with Gasteiger partial charge in [0.25, 0.3) is 0 Å². The zero-order valence-electron chi connectivity index (χ0n) is 11.8. The Morgan fingerprint density at radius 1 is 1.45 bits per heavy atom. The molecule has 0 radical (unpaired) electrons. The van der Waals surface area contributed by atoms with Crippen molar-refractivity contribution in [2.45, 2.75) is 32.7 Å². The Hall–Kier alpha value is -1.63. The topological polar surface area (TPSA) is 102 Å². The summed E-state index contributed by atoms with van der Waals surface area (Å²) in [5, 5.41) is 11.7. The first-order chi connectivity index (χ1) is 9.45. The highest BCUT2D eigenvalue weighted by atomic mass is 16.5. The Labute approximate surface area is 117 Å². The molecule has 1 aliphatic heterocycles. The van der Waals surface area contributed by atoms with E-state index < -0.39 is 23.9 Å². The second-order valence-corrected chi connectivity index (χ2v) is 4.87. The SMILES string of the molecule is CCOC(=O)C[C@@H](C)[C@@H](NC(=O)[C@H]1CCOC1)C(=O)O. The zero-order valence-corrected chi connectivity index (χ0v) is 11.8. The molecular weight excluding hydrogens is 266 g/mol. The van der Waals surface area contributed by atoms with Gasteiger partial charge >= 0.3 is 11.9 Å². The number of hydrogen-bond donors (Lipinski definition) is 2. The van der Waals surface area contributed by atoms with Gasteiger partial charge < -0.3 is 19.9 Å². The summed E-state index contributed by atoms with van der Waals surface area (Å²) >= 11 is 0. The van der Waals surface area contributed by atoms with Crippen molar-refractivity contribution in [3.63, 3.8) is 0 Å². The molecular formula is C13H21NO6. The summed E-state index contributed by atoms with van der Waals surface area (Å²) in [5.74, 6) is -2.83. The molecule has 1 fully saturated rings. The fraction of sp³-hybridized carbons (Fsp3) is 0.769. The molecule has 0 aliphatic carbocycles. The second kappa shape index (κ2) is 7.84. The first-order valence-electron chi connectivity index (χ1n) is 6.72. The number of carboxylic acid groups (broad SMARTS) is 1. The fourth-order valence-corrected chi connectivity index (χ4v) is 2.06. The van der Waals surface area contributed by atoms with Crippen LogP contribution in [0, 0.1) is 11.8 Å². The van der Waals surface area contributed by atoms with Crippen LogP contribution in [0.15, 0.2) is 0 Å². The van der Waals surface area contributed by atoms with E-state index in [0.717, 1.165) is 0 Å². The Balaban J connectivity index is 2.56. The lowest BCUT2D eigenvalue weighted by molar-refractivity contribution is -0.147. The highest BCUT2D eigenvalue weighted by Crippen LogP contribution is 2.15. The number of carboxylic acids is 1. The second-order valence-electron chi connectivity index (χ2n) is 4.87. The number of aliphatic carboxylic acids is 1. The van der Waals surface area contributed by atoms with Gasteiger partial charge in [-0.1, -0.05) is 6.92 Å². The Morgan fingerprint density at radius 3 is 2.65 bits per heavy atom. The van der Waals surface area contributed by atoms with Crippen LogP contribution in [0.5, 0.6) is 0 Å². The van der Waals surface area contributed by atoms with Gasteiger partial charge in [-0.2, -0.15) is 0 Å². The molecule has 1 saturated heterocycles. The third-order valence-electron chi connectivity index (χ3n) is 3.23. The lowest BCUT2D eigenvalue weighted by atomic mass is 9.97. The van der Waals surface area contributed by atoms with E-state index in [1.165, 1.54) is 0 Å². The summed E-state index contributed by atoms with van der Waals surface area (Å²) in [6, 6.07) is -1.10. The predicted molar refractivity (Wildman–Crippen MR) is 68.9 cm³/mol. The summed E-state index contributed by atoms with van der Waals surface area (Å²) in [7, 11) is 0. The molecule has 3 atom stereocenters. The van der Waals surface area contributed by atoms with Gasteiger partial charge in [0.05, 0.1) is 25.6 Å². The molecule has 0 spiro atoms. The van der Waals surface area contributed by atoms with Crippen molar-refractivity contribution in [1.29, 1.82) is 0 Å². The summed E-state index contributed by atoms with van der Waals surface area (Å²) < 4.78 is 9.88. The normalized spacial score (nSPS) is 21.0. The maximum atomic E-state index is 11.9. The van der Waals surface area contributed by atoms with Gasteiger partial charge in [-0.05, 0) is 19.3 Å². The number of esters is 1. The minimum absolute atomic E-state index is 0.0494. The Morgan fingerprint density at radius 2 is 2.15 bits per heavy atom. The highest BCUT2D eigenvalue weighted by molar-refractivity contribution is 5.85. The van der Waals surface area contributed by atoms with Gasteiger partial charge in [0.2, 0.25) is 5.91 Å². The molecule has 0 aromatic carbocycles. The average Bonchev–Trinajstić information content (AvgIpc) is 2.89. The minimum atomic E-state index is -1.16. The van der Waals surface area contributed by atoms with Crippen molar-refractivity contribution in [2.24, 2.45) is 11.8 Å². The molecule has 7 nitrogen and oxygen atoms in total. The summed E-state index contributed by atoms with van der Waals surface area (Å²) in [4.78, 5) is 34.5. The van der Waals surface area contributed by atoms with Crippen LogP contribution in [0.25, 0.3) is 0 Å². The van der Waals surface area contributed by atoms with Gasteiger partial charge in [-0.25, -0.2) is 4.79 Å². The van der Waals surface area contributed by atoms with Crippen molar-refractivity contribution in [2.75, 3.05) is 19.8 Å². The molecule has 0 bridgehead atoms. The van der Waals surface area contributed by atoms with E-state index in [1.807, 2.05) is 0 Å². The van der Waals surface area contributed by atoms with Crippen LogP contribution in [0.4, 0.5) is 0 Å². The molecule has 2 N–H and O–H groups in total. The van der Waals surface area contributed by atoms with Crippen LogP contribution in [-0.2, 0) is 23.9 Å². The quantitative estimate of drug-likeness (QED) is 0.648. The number of nitrogens with one attached hydrogen (secondary N) is 1. The Bertz CT molecular complexity index is 364. The van der Waals surface area contributed by atoms with Crippen molar-refractivity contribution >= 4 is 17.8 Å². The predicted octanol–water partition coefficient (Wildman–Crippen LogP) is 0.182. The van der Waals surface area contributed by atoms with Crippen molar-refractivity contribution in [3.05, 3.63) is 0 Å². The first kappa shape index (κ1) is 16.4. The van der Waals surface area contributed by atoms with Crippen LogP contribution in [0.3, 0.4) is 0 Å². The van der Waals surface area contributed by atoms with Crippen molar-refractivity contribution in [3.8, 4) is 0 Å². The van der Waals surface area contributed by atoms with Crippen LogP contribution in [0.1, 0.15) is 26.7 Å². The van der Waals surface area contributed by atoms with Crippen LogP contribution in [0.2, 0.25) is 0 Å². The minimum Gasteiger partial charge on any atom is -0.480 e. The largest absolute Gasteiger partial charge is 0.480 e. The Kier molecular flexibility index (Phi) is 6.44. The van der Waals surface area contributed by atoms with Gasteiger partial charge in [0.1, 0.15) is 6.04 Å². The number of carbonyl (C=O) groups is 3. The summed E-state index contributed by atoms with van der Waals surface area (Å²) in [5.41, 5.74) is 0. The third kappa shape index (κ3) is 4.80. The van der Waals surface area contributed by atoms with E-state index in [4.69, 9.17) is 9.47 Å². The van der Waals surface area contributed by atoms with E-state index in [2.05, 4.69) is 5.32 Å². The van der Waals surface area contributed by atoms with Crippen molar-refractivity contribution < 1.29 is 29.0 Å². The van der Waals surface area contributed by atoms with Crippen molar-refractivity contribution in [1.82, 2.24) is 5.32 Å². The summed E-state index contributed by atoms with van der Waals surface area (Å²) in [6.45, 7) is 4.34. The molecule has 0 saturated carbocycles. The smallest absolute Gasteiger partial charge is 0.326 e. The lowest BCUT2D eigenvalue weighted by Crippen LogP contribution is -2.48. The first-order valence-corrected chi connectivity index (χ1v) is 6.72. The van der Waals surface area contributed by atoms with E-state index in [1.54, 1.807) is 13.8 Å². The average molecular weight is 287 g/mol. The molecule has 0 aromatic heterocycles.